The van der Waals surface area contributed by atoms with Crippen LogP contribution in [0.3, 0.4) is 0 Å². The molecule has 2 aliphatic heterocycles. The summed E-state index contributed by atoms with van der Waals surface area (Å²) in [5.74, 6) is 1.92. The molecule has 1 N–H and O–H groups in total. The fourth-order valence-electron chi connectivity index (χ4n) is 3.59. The van der Waals surface area contributed by atoms with Crippen LogP contribution < -0.4 is 10.1 Å². The van der Waals surface area contributed by atoms with Gasteiger partial charge in [0.1, 0.15) is 5.75 Å². The van der Waals surface area contributed by atoms with Crippen molar-refractivity contribution in [3.05, 3.63) is 29.8 Å². The van der Waals surface area contributed by atoms with Crippen molar-refractivity contribution >= 4 is 5.91 Å². The van der Waals surface area contributed by atoms with Gasteiger partial charge in [-0.25, -0.2) is 0 Å². The molecule has 2 atom stereocenters. The number of ether oxygens (including phenoxy) is 1. The Morgan fingerprint density at radius 1 is 1.41 bits per heavy atom. The minimum atomic E-state index is 0.138. The van der Waals surface area contributed by atoms with Gasteiger partial charge in [-0.15, -0.1) is 0 Å². The monoisotopic (exact) mass is 302 g/mol. The molecule has 120 valence electrons. The molecule has 22 heavy (non-hydrogen) atoms. The molecule has 0 radical (unpaired) electrons. The van der Waals surface area contributed by atoms with Crippen molar-refractivity contribution in [2.45, 2.75) is 32.2 Å². The lowest BCUT2D eigenvalue weighted by molar-refractivity contribution is -0.138. The number of para-hydroxylation sites is 1. The van der Waals surface area contributed by atoms with Crippen molar-refractivity contribution in [2.75, 3.05) is 26.7 Å². The zero-order valence-corrected chi connectivity index (χ0v) is 13.5. The highest BCUT2D eigenvalue weighted by Crippen LogP contribution is 2.29. The molecule has 4 heteroatoms. The predicted octanol–water partition coefficient (Wildman–Crippen LogP) is 2.08. The maximum atomic E-state index is 12.8. The third-order valence-electron chi connectivity index (χ3n) is 5.22. The van der Waals surface area contributed by atoms with E-state index in [4.69, 9.17) is 4.74 Å². The summed E-state index contributed by atoms with van der Waals surface area (Å²) in [5.41, 5.74) is 1.20. The van der Waals surface area contributed by atoms with Gasteiger partial charge in [0, 0.05) is 18.5 Å². The molecule has 0 bridgehead atoms. The summed E-state index contributed by atoms with van der Waals surface area (Å²) in [6.07, 6.45) is 3.10. The van der Waals surface area contributed by atoms with Gasteiger partial charge in [-0.1, -0.05) is 25.1 Å². The molecule has 2 heterocycles. The topological polar surface area (TPSA) is 41.6 Å². The SMILES string of the molecule is COc1ccccc1CC1CCCN1C(=O)C(C)C1CNC1. The number of carbonyl (C=O) groups excluding carboxylic acids is 1. The Bertz CT molecular complexity index is 528. The van der Waals surface area contributed by atoms with Crippen LogP contribution in [-0.2, 0) is 11.2 Å². The fourth-order valence-corrected chi connectivity index (χ4v) is 3.59. The Balaban J connectivity index is 1.68. The molecule has 4 nitrogen and oxygen atoms in total. The van der Waals surface area contributed by atoms with Gasteiger partial charge >= 0.3 is 0 Å². The number of hydrogen-bond acceptors (Lipinski definition) is 3. The van der Waals surface area contributed by atoms with Gasteiger partial charge in [0.2, 0.25) is 5.91 Å². The molecule has 2 unspecified atom stereocenters. The van der Waals surface area contributed by atoms with E-state index in [-0.39, 0.29) is 5.92 Å². The number of likely N-dealkylation sites (tertiary alicyclic amines) is 1. The van der Waals surface area contributed by atoms with Crippen LogP contribution in [0.25, 0.3) is 0 Å². The van der Waals surface area contributed by atoms with Crippen LogP contribution in [0, 0.1) is 11.8 Å². The van der Waals surface area contributed by atoms with Gasteiger partial charge in [0.25, 0.3) is 0 Å². The number of carbonyl (C=O) groups is 1. The molecule has 0 aromatic heterocycles. The van der Waals surface area contributed by atoms with Crippen molar-refractivity contribution in [3.63, 3.8) is 0 Å². The Morgan fingerprint density at radius 3 is 2.86 bits per heavy atom. The minimum Gasteiger partial charge on any atom is -0.496 e. The lowest BCUT2D eigenvalue weighted by atomic mass is 9.87. The van der Waals surface area contributed by atoms with Gasteiger partial charge in [0.15, 0.2) is 0 Å². The van der Waals surface area contributed by atoms with Gasteiger partial charge < -0.3 is 15.0 Å². The first-order chi connectivity index (χ1) is 10.7. The second kappa shape index (κ2) is 6.69. The molecule has 0 aliphatic carbocycles. The van der Waals surface area contributed by atoms with Crippen molar-refractivity contribution < 1.29 is 9.53 Å². The van der Waals surface area contributed by atoms with Crippen LogP contribution in [-0.4, -0.2) is 43.6 Å². The van der Waals surface area contributed by atoms with Crippen LogP contribution in [0.4, 0.5) is 0 Å². The molecular weight excluding hydrogens is 276 g/mol. The Hall–Kier alpha value is -1.55. The number of methoxy groups -OCH3 is 1. The molecule has 2 aliphatic rings. The molecular formula is C18H26N2O2. The van der Waals surface area contributed by atoms with Crippen molar-refractivity contribution in [3.8, 4) is 5.75 Å². The molecule has 1 amide bonds. The number of hydrogen-bond donors (Lipinski definition) is 1. The standard InChI is InChI=1S/C18H26N2O2/c1-13(15-11-19-12-15)18(21)20-9-5-7-16(20)10-14-6-3-4-8-17(14)22-2/h3-4,6,8,13,15-16,19H,5,7,9-12H2,1-2H3. The first kappa shape index (κ1) is 15.3. The van der Waals surface area contributed by atoms with E-state index in [1.807, 2.05) is 18.2 Å². The molecule has 2 fully saturated rings. The predicted molar refractivity (Wildman–Crippen MR) is 87.0 cm³/mol. The van der Waals surface area contributed by atoms with E-state index in [0.29, 0.717) is 17.9 Å². The normalized spacial score (nSPS) is 23.2. The highest BCUT2D eigenvalue weighted by Gasteiger charge is 2.36. The second-order valence-electron chi connectivity index (χ2n) is 6.55. The van der Waals surface area contributed by atoms with Crippen molar-refractivity contribution in [2.24, 2.45) is 11.8 Å². The van der Waals surface area contributed by atoms with Crippen LogP contribution in [0.5, 0.6) is 5.75 Å². The lowest BCUT2D eigenvalue weighted by Gasteiger charge is -2.35. The maximum Gasteiger partial charge on any atom is 0.226 e. The van der Waals surface area contributed by atoms with Gasteiger partial charge in [-0.3, -0.25) is 4.79 Å². The molecule has 2 saturated heterocycles. The van der Waals surface area contributed by atoms with Gasteiger partial charge in [-0.05, 0) is 49.9 Å². The summed E-state index contributed by atoms with van der Waals surface area (Å²) in [4.78, 5) is 14.9. The lowest BCUT2D eigenvalue weighted by Crippen LogP contribution is -2.51. The van der Waals surface area contributed by atoms with E-state index in [1.54, 1.807) is 7.11 Å². The average Bonchev–Trinajstić information content (AvgIpc) is 2.93. The molecule has 3 rings (SSSR count). The average molecular weight is 302 g/mol. The second-order valence-corrected chi connectivity index (χ2v) is 6.55. The maximum absolute atomic E-state index is 12.8. The summed E-state index contributed by atoms with van der Waals surface area (Å²) in [6, 6.07) is 8.46. The molecule has 0 saturated carbocycles. The Kier molecular flexibility index (Phi) is 4.67. The van der Waals surface area contributed by atoms with Crippen molar-refractivity contribution in [1.82, 2.24) is 10.2 Å². The molecule has 1 aromatic carbocycles. The van der Waals surface area contributed by atoms with E-state index in [1.165, 1.54) is 5.56 Å². The van der Waals surface area contributed by atoms with Crippen LogP contribution >= 0.6 is 0 Å². The van der Waals surface area contributed by atoms with E-state index in [0.717, 1.165) is 44.6 Å². The van der Waals surface area contributed by atoms with Gasteiger partial charge in [-0.2, -0.15) is 0 Å². The van der Waals surface area contributed by atoms with Crippen molar-refractivity contribution in [1.29, 1.82) is 0 Å². The smallest absolute Gasteiger partial charge is 0.226 e. The summed E-state index contributed by atoms with van der Waals surface area (Å²) in [7, 11) is 1.71. The summed E-state index contributed by atoms with van der Waals surface area (Å²) in [6.45, 7) is 4.96. The number of amides is 1. The third kappa shape index (κ3) is 2.98. The van der Waals surface area contributed by atoms with Crippen LogP contribution in [0.2, 0.25) is 0 Å². The zero-order chi connectivity index (χ0) is 15.5. The summed E-state index contributed by atoms with van der Waals surface area (Å²) < 4.78 is 5.45. The van der Waals surface area contributed by atoms with E-state index in [9.17, 15) is 4.79 Å². The highest BCUT2D eigenvalue weighted by atomic mass is 16.5. The van der Waals surface area contributed by atoms with E-state index >= 15 is 0 Å². The summed E-state index contributed by atoms with van der Waals surface area (Å²) in [5, 5.41) is 3.27. The van der Waals surface area contributed by atoms with E-state index < -0.39 is 0 Å². The zero-order valence-electron chi connectivity index (χ0n) is 13.5. The van der Waals surface area contributed by atoms with Gasteiger partial charge in [0.05, 0.1) is 7.11 Å². The summed E-state index contributed by atoms with van der Waals surface area (Å²) >= 11 is 0. The minimum absolute atomic E-state index is 0.138. The Labute approximate surface area is 132 Å². The largest absolute Gasteiger partial charge is 0.496 e. The molecule has 1 aromatic rings. The first-order valence-corrected chi connectivity index (χ1v) is 8.33. The van der Waals surface area contributed by atoms with Crippen LogP contribution in [0.1, 0.15) is 25.3 Å². The highest BCUT2D eigenvalue weighted by molar-refractivity contribution is 5.79. The third-order valence-corrected chi connectivity index (χ3v) is 5.22. The number of benzene rings is 1. The Morgan fingerprint density at radius 2 is 2.18 bits per heavy atom. The fraction of sp³-hybridized carbons (Fsp3) is 0.611. The number of nitrogens with one attached hydrogen (secondary N) is 1. The molecule has 0 spiro atoms. The quantitative estimate of drug-likeness (QED) is 0.905. The van der Waals surface area contributed by atoms with E-state index in [2.05, 4.69) is 23.2 Å². The first-order valence-electron chi connectivity index (χ1n) is 8.33. The number of rotatable bonds is 5. The van der Waals surface area contributed by atoms with Crippen LogP contribution in [0.15, 0.2) is 24.3 Å². The number of nitrogens with zero attached hydrogens (tertiary/aromatic N) is 1.